The summed E-state index contributed by atoms with van der Waals surface area (Å²) in [5, 5.41) is 7.15. The Bertz CT molecular complexity index is 1040. The highest BCUT2D eigenvalue weighted by Gasteiger charge is 2.23. The predicted octanol–water partition coefficient (Wildman–Crippen LogP) is 3.96. The largest absolute Gasteiger partial charge is 0.339 e. The number of hydrogen-bond donors (Lipinski definition) is 1. The number of nitrogens with one attached hydrogen (secondary N) is 1. The van der Waals surface area contributed by atoms with Gasteiger partial charge in [-0.1, -0.05) is 48.5 Å². The molecule has 2 amide bonds. The van der Waals surface area contributed by atoms with E-state index in [0.717, 1.165) is 5.69 Å². The third-order valence-electron chi connectivity index (χ3n) is 4.98. The SMILES string of the molecule is CCN(CC)C(=O)c1cnn(-c2ccccc2)c1NC(=O)CCC(=O)c1ccccc1. The summed E-state index contributed by atoms with van der Waals surface area (Å²) in [7, 11) is 0. The third-order valence-corrected chi connectivity index (χ3v) is 4.98. The van der Waals surface area contributed by atoms with Gasteiger partial charge in [-0.3, -0.25) is 14.4 Å². The van der Waals surface area contributed by atoms with Crippen LogP contribution >= 0.6 is 0 Å². The average molecular weight is 418 g/mol. The fourth-order valence-electron chi connectivity index (χ4n) is 3.26. The van der Waals surface area contributed by atoms with Gasteiger partial charge in [0.1, 0.15) is 11.4 Å². The Morgan fingerprint density at radius 3 is 2.13 bits per heavy atom. The molecule has 0 radical (unpaired) electrons. The first kappa shape index (κ1) is 22.0. The lowest BCUT2D eigenvalue weighted by Crippen LogP contribution is -2.31. The lowest BCUT2D eigenvalue weighted by atomic mass is 10.1. The first-order valence-electron chi connectivity index (χ1n) is 10.4. The third kappa shape index (κ3) is 5.25. The highest BCUT2D eigenvalue weighted by molar-refractivity contribution is 6.04. The van der Waals surface area contributed by atoms with Crippen LogP contribution in [0.1, 0.15) is 47.4 Å². The van der Waals surface area contributed by atoms with Crippen molar-refractivity contribution in [3.8, 4) is 5.69 Å². The molecule has 0 spiro atoms. The monoisotopic (exact) mass is 418 g/mol. The predicted molar refractivity (Wildman–Crippen MR) is 119 cm³/mol. The zero-order valence-electron chi connectivity index (χ0n) is 17.7. The number of Topliss-reactive ketones (excluding diaryl/α,β-unsaturated/α-hetero) is 1. The van der Waals surface area contributed by atoms with Gasteiger partial charge in [0.05, 0.1) is 11.9 Å². The molecule has 0 aliphatic heterocycles. The molecule has 1 N–H and O–H groups in total. The van der Waals surface area contributed by atoms with Crippen LogP contribution in [0.5, 0.6) is 0 Å². The molecule has 0 aliphatic rings. The highest BCUT2D eigenvalue weighted by Crippen LogP contribution is 2.22. The second kappa shape index (κ2) is 10.3. The van der Waals surface area contributed by atoms with Crippen LogP contribution in [0.3, 0.4) is 0 Å². The van der Waals surface area contributed by atoms with Crippen molar-refractivity contribution in [1.29, 1.82) is 0 Å². The summed E-state index contributed by atoms with van der Waals surface area (Å²) < 4.78 is 1.54. The minimum atomic E-state index is -0.351. The Morgan fingerprint density at radius 2 is 1.52 bits per heavy atom. The van der Waals surface area contributed by atoms with E-state index in [1.807, 2.05) is 50.2 Å². The fourth-order valence-corrected chi connectivity index (χ4v) is 3.26. The van der Waals surface area contributed by atoms with Gasteiger partial charge < -0.3 is 10.2 Å². The minimum absolute atomic E-state index is 0.00655. The van der Waals surface area contributed by atoms with Crippen LogP contribution in [0.25, 0.3) is 5.69 Å². The molecule has 3 aromatic rings. The number of carbonyl (C=O) groups excluding carboxylic acids is 3. The number of amides is 2. The van der Waals surface area contributed by atoms with Gasteiger partial charge in [-0.05, 0) is 26.0 Å². The molecule has 3 rings (SSSR count). The molecule has 0 saturated heterocycles. The molecule has 1 heterocycles. The van der Waals surface area contributed by atoms with E-state index in [1.165, 1.54) is 10.9 Å². The van der Waals surface area contributed by atoms with Crippen molar-refractivity contribution in [2.45, 2.75) is 26.7 Å². The molecule has 1 aromatic heterocycles. The van der Waals surface area contributed by atoms with Gasteiger partial charge in [0.15, 0.2) is 5.78 Å². The fraction of sp³-hybridized carbons (Fsp3) is 0.250. The second-order valence-electron chi connectivity index (χ2n) is 6.97. The smallest absolute Gasteiger partial charge is 0.259 e. The van der Waals surface area contributed by atoms with Crippen molar-refractivity contribution in [3.63, 3.8) is 0 Å². The zero-order chi connectivity index (χ0) is 22.2. The molecule has 160 valence electrons. The van der Waals surface area contributed by atoms with Gasteiger partial charge >= 0.3 is 0 Å². The maximum atomic E-state index is 13.0. The maximum absolute atomic E-state index is 13.0. The Hall–Kier alpha value is -3.74. The lowest BCUT2D eigenvalue weighted by Gasteiger charge is -2.19. The van der Waals surface area contributed by atoms with Crippen molar-refractivity contribution in [2.75, 3.05) is 18.4 Å². The zero-order valence-corrected chi connectivity index (χ0v) is 17.7. The average Bonchev–Trinajstić information content (AvgIpc) is 3.22. The van der Waals surface area contributed by atoms with E-state index in [-0.39, 0.29) is 30.4 Å². The molecule has 7 heteroatoms. The standard InChI is InChI=1S/C24H26N4O3/c1-3-27(4-2)24(31)20-17-25-28(19-13-9-6-10-14-19)23(20)26-22(30)16-15-21(29)18-11-7-5-8-12-18/h5-14,17H,3-4,15-16H2,1-2H3,(H,26,30). The van der Waals surface area contributed by atoms with Crippen LogP contribution in [-0.2, 0) is 4.79 Å². The molecule has 7 nitrogen and oxygen atoms in total. The van der Waals surface area contributed by atoms with Crippen LogP contribution in [-0.4, -0.2) is 45.4 Å². The first-order valence-corrected chi connectivity index (χ1v) is 10.4. The number of aromatic nitrogens is 2. The van der Waals surface area contributed by atoms with Crippen LogP contribution in [0.2, 0.25) is 0 Å². The number of benzene rings is 2. The number of nitrogens with zero attached hydrogens (tertiary/aromatic N) is 3. The van der Waals surface area contributed by atoms with Crippen molar-refractivity contribution in [3.05, 3.63) is 78.0 Å². The molecule has 0 bridgehead atoms. The molecule has 0 saturated carbocycles. The molecule has 0 fully saturated rings. The maximum Gasteiger partial charge on any atom is 0.259 e. The van der Waals surface area contributed by atoms with Gasteiger partial charge in [0.25, 0.3) is 5.91 Å². The molecular weight excluding hydrogens is 392 g/mol. The lowest BCUT2D eigenvalue weighted by molar-refractivity contribution is -0.116. The highest BCUT2D eigenvalue weighted by atomic mass is 16.2. The molecule has 2 aromatic carbocycles. The van der Waals surface area contributed by atoms with E-state index in [4.69, 9.17) is 0 Å². The summed E-state index contributed by atoms with van der Waals surface area (Å²) in [6.45, 7) is 4.89. The number of ketones is 1. The molecule has 31 heavy (non-hydrogen) atoms. The first-order chi connectivity index (χ1) is 15.0. The number of carbonyl (C=O) groups is 3. The van der Waals surface area contributed by atoms with E-state index >= 15 is 0 Å². The number of hydrogen-bond acceptors (Lipinski definition) is 4. The van der Waals surface area contributed by atoms with E-state index in [2.05, 4.69) is 10.4 Å². The quantitative estimate of drug-likeness (QED) is 0.533. The summed E-state index contributed by atoms with van der Waals surface area (Å²) in [6, 6.07) is 18.1. The van der Waals surface area contributed by atoms with Crippen LogP contribution in [0, 0.1) is 0 Å². The van der Waals surface area contributed by atoms with Crippen molar-refractivity contribution in [2.24, 2.45) is 0 Å². The van der Waals surface area contributed by atoms with Gasteiger partial charge in [-0.25, -0.2) is 4.68 Å². The van der Waals surface area contributed by atoms with Crippen LogP contribution in [0.15, 0.2) is 66.9 Å². The van der Waals surface area contributed by atoms with Gasteiger partial charge in [-0.15, -0.1) is 0 Å². The Labute approximate surface area is 181 Å². The van der Waals surface area contributed by atoms with Gasteiger partial charge in [0, 0.05) is 31.5 Å². The number of para-hydroxylation sites is 1. The van der Waals surface area contributed by atoms with Crippen molar-refractivity contribution < 1.29 is 14.4 Å². The normalized spacial score (nSPS) is 10.5. The van der Waals surface area contributed by atoms with Crippen LogP contribution < -0.4 is 5.32 Å². The Kier molecular flexibility index (Phi) is 7.32. The molecular formula is C24H26N4O3. The van der Waals surface area contributed by atoms with E-state index in [9.17, 15) is 14.4 Å². The molecule has 0 atom stereocenters. The Balaban J connectivity index is 1.82. The second-order valence-corrected chi connectivity index (χ2v) is 6.97. The van der Waals surface area contributed by atoms with Crippen molar-refractivity contribution in [1.82, 2.24) is 14.7 Å². The van der Waals surface area contributed by atoms with E-state index < -0.39 is 0 Å². The van der Waals surface area contributed by atoms with Gasteiger partial charge in [-0.2, -0.15) is 5.10 Å². The number of anilines is 1. The van der Waals surface area contributed by atoms with E-state index in [1.54, 1.807) is 29.2 Å². The molecule has 0 aliphatic carbocycles. The topological polar surface area (TPSA) is 84.3 Å². The Morgan fingerprint density at radius 1 is 0.903 bits per heavy atom. The number of rotatable bonds is 9. The van der Waals surface area contributed by atoms with E-state index in [0.29, 0.717) is 30.0 Å². The summed E-state index contributed by atoms with van der Waals surface area (Å²) in [6.07, 6.45) is 1.56. The summed E-state index contributed by atoms with van der Waals surface area (Å²) >= 11 is 0. The molecule has 0 unspecified atom stereocenters. The summed E-state index contributed by atoms with van der Waals surface area (Å²) in [5.41, 5.74) is 1.61. The summed E-state index contributed by atoms with van der Waals surface area (Å²) in [4.78, 5) is 39.6. The van der Waals surface area contributed by atoms with Crippen LogP contribution in [0.4, 0.5) is 5.82 Å². The van der Waals surface area contributed by atoms with Crippen molar-refractivity contribution >= 4 is 23.4 Å². The van der Waals surface area contributed by atoms with Gasteiger partial charge in [0.2, 0.25) is 5.91 Å². The summed E-state index contributed by atoms with van der Waals surface area (Å²) in [5.74, 6) is -0.356. The minimum Gasteiger partial charge on any atom is -0.339 e.